The van der Waals surface area contributed by atoms with E-state index in [9.17, 15) is 9.90 Å². The quantitative estimate of drug-likeness (QED) is 0.802. The number of rotatable bonds is 2. The fourth-order valence-electron chi connectivity index (χ4n) is 2.80. The molecule has 1 amide bonds. The topological polar surface area (TPSA) is 84.4 Å². The Morgan fingerprint density at radius 3 is 2.85 bits per heavy atom. The average Bonchev–Trinajstić information content (AvgIpc) is 2.91. The van der Waals surface area contributed by atoms with Crippen molar-refractivity contribution in [2.75, 3.05) is 19.3 Å². The van der Waals surface area contributed by atoms with Gasteiger partial charge in [0.2, 0.25) is 5.91 Å². The number of nitrogens with two attached hydrogens (primary N) is 1. The van der Waals surface area contributed by atoms with Gasteiger partial charge in [0, 0.05) is 19.3 Å². The molecule has 2 heterocycles. The molecule has 6 nitrogen and oxygen atoms in total. The molecule has 3 N–H and O–H groups in total. The zero-order valence-electron chi connectivity index (χ0n) is 11.6. The molecule has 2 unspecified atom stereocenters. The summed E-state index contributed by atoms with van der Waals surface area (Å²) in [4.78, 5) is 18.4. The number of nitrogens with zero attached hydrogens (tertiary/aromatic N) is 3. The van der Waals surface area contributed by atoms with Gasteiger partial charge in [0.1, 0.15) is 18.0 Å². The number of fused-ring (bicyclic) bond motifs is 1. The summed E-state index contributed by atoms with van der Waals surface area (Å²) in [6.07, 6.45) is -0.00688. The lowest BCUT2D eigenvalue weighted by molar-refractivity contribution is -0.129. The van der Waals surface area contributed by atoms with Crippen molar-refractivity contribution < 1.29 is 9.90 Å². The lowest BCUT2D eigenvalue weighted by Crippen LogP contribution is -2.25. The van der Waals surface area contributed by atoms with E-state index >= 15 is 0 Å². The number of nitrogen functional groups attached to an aromatic ring is 1. The highest BCUT2D eigenvalue weighted by Gasteiger charge is 2.33. The largest absolute Gasteiger partial charge is 0.399 e. The van der Waals surface area contributed by atoms with E-state index in [0.29, 0.717) is 17.0 Å². The molecule has 1 aromatic heterocycles. The normalized spacial score (nSPS) is 20.9. The first-order chi connectivity index (χ1) is 9.49. The average molecular weight is 274 g/mol. The number of likely N-dealkylation sites (tertiary alicyclic amines) is 1. The fraction of sp³-hybridized carbons (Fsp3) is 0.429. The predicted octanol–water partition coefficient (Wildman–Crippen LogP) is 1.08. The Morgan fingerprint density at radius 1 is 1.50 bits per heavy atom. The number of anilines is 1. The minimum atomic E-state index is -0.734. The van der Waals surface area contributed by atoms with E-state index in [2.05, 4.69) is 4.98 Å². The van der Waals surface area contributed by atoms with Gasteiger partial charge in [0.25, 0.3) is 0 Å². The standard InChI is InChI=1S/C14H18N4O2/c1-8(19)13-16-10-7-9(15)3-4-11(10)18(13)12-5-6-17(2)14(12)20/h3-4,7-8,12,19H,5-6,15H2,1-2H3. The van der Waals surface area contributed by atoms with Gasteiger partial charge in [-0.15, -0.1) is 0 Å². The van der Waals surface area contributed by atoms with Crippen LogP contribution >= 0.6 is 0 Å². The molecule has 1 fully saturated rings. The van der Waals surface area contributed by atoms with Crippen LogP contribution < -0.4 is 5.73 Å². The lowest BCUT2D eigenvalue weighted by Gasteiger charge is -2.17. The Bertz CT molecular complexity index is 677. The van der Waals surface area contributed by atoms with E-state index in [-0.39, 0.29) is 11.9 Å². The predicted molar refractivity (Wildman–Crippen MR) is 76.1 cm³/mol. The molecule has 1 aliphatic rings. The van der Waals surface area contributed by atoms with Gasteiger partial charge >= 0.3 is 0 Å². The van der Waals surface area contributed by atoms with Crippen LogP contribution in [0.5, 0.6) is 0 Å². The minimum Gasteiger partial charge on any atom is -0.399 e. The van der Waals surface area contributed by atoms with Gasteiger partial charge < -0.3 is 20.3 Å². The van der Waals surface area contributed by atoms with Crippen LogP contribution in [0.3, 0.4) is 0 Å². The Morgan fingerprint density at radius 2 is 2.25 bits per heavy atom. The van der Waals surface area contributed by atoms with Crippen molar-refractivity contribution >= 4 is 22.6 Å². The van der Waals surface area contributed by atoms with E-state index in [1.807, 2.05) is 10.6 Å². The molecule has 0 spiro atoms. The molecule has 0 radical (unpaired) electrons. The molecule has 20 heavy (non-hydrogen) atoms. The molecule has 1 aromatic carbocycles. The number of carbonyl (C=O) groups excluding carboxylic acids is 1. The van der Waals surface area contributed by atoms with Crippen LogP contribution in [0.15, 0.2) is 18.2 Å². The Hall–Kier alpha value is -2.08. The number of amides is 1. The Balaban J connectivity index is 2.22. The molecule has 2 atom stereocenters. The van der Waals surface area contributed by atoms with E-state index in [4.69, 9.17) is 5.73 Å². The van der Waals surface area contributed by atoms with Crippen LogP contribution in [0.25, 0.3) is 11.0 Å². The van der Waals surface area contributed by atoms with Gasteiger partial charge in [0.15, 0.2) is 0 Å². The lowest BCUT2D eigenvalue weighted by atomic mass is 10.2. The van der Waals surface area contributed by atoms with Gasteiger partial charge in [-0.05, 0) is 31.5 Å². The number of hydrogen-bond donors (Lipinski definition) is 2. The summed E-state index contributed by atoms with van der Waals surface area (Å²) in [6.45, 7) is 2.38. The third-order valence-corrected chi connectivity index (χ3v) is 3.83. The van der Waals surface area contributed by atoms with Gasteiger partial charge in [-0.1, -0.05) is 0 Å². The summed E-state index contributed by atoms with van der Waals surface area (Å²) in [5, 5.41) is 9.95. The SMILES string of the molecule is CC(O)c1nc2cc(N)ccc2n1C1CCN(C)C1=O. The molecule has 0 saturated carbocycles. The number of carbonyl (C=O) groups is 1. The maximum Gasteiger partial charge on any atom is 0.245 e. The van der Waals surface area contributed by atoms with Crippen molar-refractivity contribution in [3.8, 4) is 0 Å². The number of aromatic nitrogens is 2. The maximum absolute atomic E-state index is 12.3. The Labute approximate surface area is 116 Å². The van der Waals surface area contributed by atoms with E-state index < -0.39 is 6.10 Å². The third kappa shape index (κ3) is 1.84. The molecule has 2 aromatic rings. The van der Waals surface area contributed by atoms with Gasteiger partial charge in [-0.3, -0.25) is 4.79 Å². The zero-order chi connectivity index (χ0) is 14.4. The summed E-state index contributed by atoms with van der Waals surface area (Å²) < 4.78 is 1.85. The maximum atomic E-state index is 12.3. The van der Waals surface area contributed by atoms with Crippen LogP contribution in [0.4, 0.5) is 5.69 Å². The van der Waals surface area contributed by atoms with Crippen molar-refractivity contribution in [1.29, 1.82) is 0 Å². The molecule has 3 rings (SSSR count). The first kappa shape index (κ1) is 12.9. The van der Waals surface area contributed by atoms with Crippen molar-refractivity contribution in [3.63, 3.8) is 0 Å². The highest BCUT2D eigenvalue weighted by atomic mass is 16.3. The van der Waals surface area contributed by atoms with Crippen molar-refractivity contribution in [3.05, 3.63) is 24.0 Å². The molecule has 1 aliphatic heterocycles. The number of aliphatic hydroxyl groups is 1. The summed E-state index contributed by atoms with van der Waals surface area (Å²) >= 11 is 0. The van der Waals surface area contributed by atoms with E-state index in [0.717, 1.165) is 18.5 Å². The molecule has 0 bridgehead atoms. The van der Waals surface area contributed by atoms with E-state index in [1.165, 1.54) is 0 Å². The third-order valence-electron chi connectivity index (χ3n) is 3.83. The molecule has 106 valence electrons. The summed E-state index contributed by atoms with van der Waals surface area (Å²) in [6, 6.07) is 5.11. The summed E-state index contributed by atoms with van der Waals surface area (Å²) in [5.74, 6) is 0.572. The number of imidazole rings is 1. The van der Waals surface area contributed by atoms with Crippen molar-refractivity contribution in [2.45, 2.75) is 25.5 Å². The van der Waals surface area contributed by atoms with Gasteiger partial charge in [0.05, 0.1) is 11.0 Å². The van der Waals surface area contributed by atoms with Crippen LogP contribution in [0.1, 0.15) is 31.3 Å². The highest BCUT2D eigenvalue weighted by molar-refractivity contribution is 5.86. The molecule has 0 aliphatic carbocycles. The van der Waals surface area contributed by atoms with Crippen LogP contribution in [-0.2, 0) is 4.79 Å². The number of benzene rings is 1. The monoisotopic (exact) mass is 274 g/mol. The number of likely N-dealkylation sites (N-methyl/N-ethyl adjacent to an activating group) is 1. The first-order valence-corrected chi connectivity index (χ1v) is 6.69. The number of aliphatic hydroxyl groups excluding tert-OH is 1. The minimum absolute atomic E-state index is 0.0584. The van der Waals surface area contributed by atoms with E-state index in [1.54, 1.807) is 31.0 Å². The second-order valence-corrected chi connectivity index (χ2v) is 5.33. The summed E-state index contributed by atoms with van der Waals surface area (Å²) in [5.41, 5.74) is 7.94. The van der Waals surface area contributed by atoms with Crippen LogP contribution in [0.2, 0.25) is 0 Å². The molecule has 1 saturated heterocycles. The first-order valence-electron chi connectivity index (χ1n) is 6.69. The van der Waals surface area contributed by atoms with Crippen molar-refractivity contribution in [2.24, 2.45) is 0 Å². The second kappa shape index (κ2) is 4.49. The Kier molecular flexibility index (Phi) is 2.90. The molecular formula is C14H18N4O2. The van der Waals surface area contributed by atoms with Crippen molar-refractivity contribution in [1.82, 2.24) is 14.5 Å². The summed E-state index contributed by atoms with van der Waals surface area (Å²) in [7, 11) is 1.79. The molecule has 6 heteroatoms. The smallest absolute Gasteiger partial charge is 0.245 e. The van der Waals surface area contributed by atoms with Crippen LogP contribution in [0, 0.1) is 0 Å². The van der Waals surface area contributed by atoms with Gasteiger partial charge in [-0.2, -0.15) is 0 Å². The molecular weight excluding hydrogens is 256 g/mol. The fourth-order valence-corrected chi connectivity index (χ4v) is 2.80. The zero-order valence-corrected chi connectivity index (χ0v) is 11.6. The van der Waals surface area contributed by atoms with Crippen LogP contribution in [-0.4, -0.2) is 39.1 Å². The number of hydrogen-bond acceptors (Lipinski definition) is 4. The highest BCUT2D eigenvalue weighted by Crippen LogP contribution is 2.31. The second-order valence-electron chi connectivity index (χ2n) is 5.33. The van der Waals surface area contributed by atoms with Gasteiger partial charge in [-0.25, -0.2) is 4.98 Å².